The number of nitrogens with one attached hydrogen (secondary N) is 1. The molecule has 0 aliphatic heterocycles. The molecule has 2 aromatic carbocycles. The van der Waals surface area contributed by atoms with Crippen LogP contribution in [0.15, 0.2) is 78.6 Å². The van der Waals surface area contributed by atoms with Gasteiger partial charge in [0.05, 0.1) is 0 Å². The molecule has 2 N–H and O–H groups in total. The molecule has 1 unspecified atom stereocenters. The van der Waals surface area contributed by atoms with Crippen LogP contribution < -0.4 is 5.32 Å². The Labute approximate surface area is 221 Å². The number of carbonyl (C=O) groups is 2. The van der Waals surface area contributed by atoms with Crippen LogP contribution >= 0.6 is 0 Å². The van der Waals surface area contributed by atoms with Crippen molar-refractivity contribution in [2.45, 2.75) is 58.2 Å². The Hall–Kier alpha value is -3.81. The number of benzene rings is 2. The van der Waals surface area contributed by atoms with E-state index in [-0.39, 0.29) is 18.1 Å². The summed E-state index contributed by atoms with van der Waals surface area (Å²) in [6.07, 6.45) is 4.98. The molecule has 38 heavy (non-hydrogen) atoms. The van der Waals surface area contributed by atoms with E-state index >= 15 is 0 Å². The molecule has 8 heteroatoms. The first-order valence-electron chi connectivity index (χ1n) is 12.5. The summed E-state index contributed by atoms with van der Waals surface area (Å²) in [5, 5.41) is 10.3. The maximum atomic E-state index is 12.5. The number of carboxylic acids is 1. The van der Waals surface area contributed by atoms with Gasteiger partial charge in [-0.05, 0) is 71.7 Å². The van der Waals surface area contributed by atoms with Gasteiger partial charge < -0.3 is 15.2 Å². The van der Waals surface area contributed by atoms with Gasteiger partial charge in [-0.25, -0.2) is 0 Å². The molecule has 1 atom stereocenters. The summed E-state index contributed by atoms with van der Waals surface area (Å²) in [4.78, 5) is 21.2. The molecule has 3 rings (SSSR count). The number of carboxylic acid groups (broad SMARTS) is 1. The summed E-state index contributed by atoms with van der Waals surface area (Å²) >= 11 is 0. The number of rotatable bonds is 9. The van der Waals surface area contributed by atoms with E-state index in [4.69, 9.17) is 5.11 Å². The second kappa shape index (κ2) is 14.8. The van der Waals surface area contributed by atoms with Gasteiger partial charge in [0.2, 0.25) is 0 Å². The number of amides is 1. The van der Waals surface area contributed by atoms with Crippen LogP contribution in [-0.4, -0.2) is 30.4 Å². The normalized spacial score (nSPS) is 13.7. The molecule has 0 saturated heterocycles. The van der Waals surface area contributed by atoms with E-state index in [0.29, 0.717) is 17.9 Å². The van der Waals surface area contributed by atoms with Crippen molar-refractivity contribution in [2.24, 2.45) is 0 Å². The van der Waals surface area contributed by atoms with Crippen molar-refractivity contribution in [2.75, 3.05) is 7.05 Å². The standard InChI is InChI=1S/C27H28F3NO2.C3H6O2/c1-3-6-22(17-19-11-13-21(14-12-19)26(32)31-2)24-9-4-8-23(18-24)20-7-5-10-25(16-15-20)33-27(28,29)30;1-2-3(4)5/h4-5,8-16,18,22H,3,6-7,17H2,1-2H3,(H,31,32);2H2,1H3,(H,4,5). The third-order valence-electron chi connectivity index (χ3n) is 5.90. The van der Waals surface area contributed by atoms with Crippen LogP contribution in [0.5, 0.6) is 0 Å². The quantitative estimate of drug-likeness (QED) is 0.355. The highest BCUT2D eigenvalue weighted by Crippen LogP contribution is 2.31. The topological polar surface area (TPSA) is 75.6 Å². The molecule has 5 nitrogen and oxygen atoms in total. The van der Waals surface area contributed by atoms with E-state index in [1.807, 2.05) is 36.4 Å². The monoisotopic (exact) mass is 529 g/mol. The van der Waals surface area contributed by atoms with E-state index < -0.39 is 12.3 Å². The van der Waals surface area contributed by atoms with E-state index in [2.05, 4.69) is 29.1 Å². The van der Waals surface area contributed by atoms with Gasteiger partial charge in [0, 0.05) is 19.0 Å². The van der Waals surface area contributed by atoms with Crippen molar-refractivity contribution >= 4 is 17.4 Å². The lowest BCUT2D eigenvalue weighted by molar-refractivity contribution is -0.303. The number of ether oxygens (including phenoxy) is 1. The second-order valence-electron chi connectivity index (χ2n) is 8.75. The molecule has 2 aromatic rings. The fourth-order valence-corrected chi connectivity index (χ4v) is 3.97. The number of allylic oxidation sites excluding steroid dienone is 5. The molecule has 0 heterocycles. The minimum atomic E-state index is -4.71. The van der Waals surface area contributed by atoms with Crippen LogP contribution in [0.4, 0.5) is 13.2 Å². The van der Waals surface area contributed by atoms with Gasteiger partial charge in [-0.1, -0.05) is 68.8 Å². The third-order valence-corrected chi connectivity index (χ3v) is 5.90. The van der Waals surface area contributed by atoms with Gasteiger partial charge in [-0.3, -0.25) is 9.59 Å². The highest BCUT2D eigenvalue weighted by atomic mass is 19.4. The minimum Gasteiger partial charge on any atom is -0.481 e. The number of aliphatic carboxylic acids is 1. The minimum absolute atomic E-state index is 0.108. The summed E-state index contributed by atoms with van der Waals surface area (Å²) in [6, 6.07) is 15.9. The summed E-state index contributed by atoms with van der Waals surface area (Å²) < 4.78 is 41.6. The van der Waals surface area contributed by atoms with Crippen molar-refractivity contribution in [3.05, 3.63) is 101 Å². The molecule has 0 radical (unpaired) electrons. The third kappa shape index (κ3) is 10.3. The molecule has 204 valence electrons. The molecule has 0 bridgehead atoms. The summed E-state index contributed by atoms with van der Waals surface area (Å²) in [7, 11) is 1.61. The molecular weight excluding hydrogens is 495 g/mol. The van der Waals surface area contributed by atoms with Gasteiger partial charge in [-0.15, -0.1) is 13.2 Å². The molecule has 0 fully saturated rings. The lowest BCUT2D eigenvalue weighted by Gasteiger charge is -2.18. The van der Waals surface area contributed by atoms with Gasteiger partial charge in [0.25, 0.3) is 5.91 Å². The summed E-state index contributed by atoms with van der Waals surface area (Å²) in [5.74, 6) is -0.784. The van der Waals surface area contributed by atoms with Crippen molar-refractivity contribution in [3.8, 4) is 0 Å². The van der Waals surface area contributed by atoms with Crippen LogP contribution in [0.2, 0.25) is 0 Å². The fraction of sp³-hybridized carbons (Fsp3) is 0.333. The van der Waals surface area contributed by atoms with E-state index in [1.165, 1.54) is 17.7 Å². The number of alkyl halides is 3. The Morgan fingerprint density at radius 3 is 2.34 bits per heavy atom. The average molecular weight is 530 g/mol. The Kier molecular flexibility index (Phi) is 11.9. The predicted molar refractivity (Wildman–Crippen MR) is 143 cm³/mol. The van der Waals surface area contributed by atoms with Crippen LogP contribution in [-0.2, 0) is 16.0 Å². The zero-order valence-electron chi connectivity index (χ0n) is 21.8. The van der Waals surface area contributed by atoms with E-state index in [0.717, 1.165) is 36.0 Å². The first kappa shape index (κ1) is 30.4. The van der Waals surface area contributed by atoms with Gasteiger partial charge in [0.15, 0.2) is 0 Å². The van der Waals surface area contributed by atoms with E-state index in [1.54, 1.807) is 26.1 Å². The Bertz CT molecular complexity index is 1160. The molecular formula is C30H34F3NO4. The molecule has 1 aliphatic rings. The number of hydrogen-bond acceptors (Lipinski definition) is 3. The van der Waals surface area contributed by atoms with E-state index in [9.17, 15) is 22.8 Å². The van der Waals surface area contributed by atoms with Crippen molar-refractivity contribution in [1.82, 2.24) is 5.32 Å². The largest absolute Gasteiger partial charge is 0.573 e. The molecule has 0 aromatic heterocycles. The van der Waals surface area contributed by atoms with Crippen molar-refractivity contribution < 1.29 is 32.6 Å². The van der Waals surface area contributed by atoms with Crippen LogP contribution in [0.3, 0.4) is 0 Å². The Balaban J connectivity index is 0.000000926. The molecule has 0 spiro atoms. The zero-order valence-corrected chi connectivity index (χ0v) is 21.8. The molecule has 1 aliphatic carbocycles. The molecule has 0 saturated carbocycles. The number of carbonyl (C=O) groups excluding carboxylic acids is 1. The lowest BCUT2D eigenvalue weighted by Crippen LogP contribution is -2.17. The summed E-state index contributed by atoms with van der Waals surface area (Å²) in [5.41, 5.74) is 4.89. The predicted octanol–water partition coefficient (Wildman–Crippen LogP) is 7.42. The highest BCUT2D eigenvalue weighted by molar-refractivity contribution is 5.93. The highest BCUT2D eigenvalue weighted by Gasteiger charge is 2.31. The summed E-state index contributed by atoms with van der Waals surface area (Å²) in [6.45, 7) is 3.75. The first-order chi connectivity index (χ1) is 18.1. The van der Waals surface area contributed by atoms with Gasteiger partial charge >= 0.3 is 12.3 Å². The smallest absolute Gasteiger partial charge is 0.481 e. The second-order valence-corrected chi connectivity index (χ2v) is 8.75. The Morgan fingerprint density at radius 2 is 1.76 bits per heavy atom. The first-order valence-corrected chi connectivity index (χ1v) is 12.5. The zero-order chi connectivity index (χ0) is 28.1. The fourth-order valence-electron chi connectivity index (χ4n) is 3.97. The van der Waals surface area contributed by atoms with Crippen molar-refractivity contribution in [1.29, 1.82) is 0 Å². The SMILES string of the molecule is CCC(=O)O.CCCC(Cc1ccc(C(=O)NC)cc1)c1cccc(C2=CC=C(OC(F)(F)F)C=CC2)c1. The maximum absolute atomic E-state index is 12.5. The van der Waals surface area contributed by atoms with Crippen molar-refractivity contribution in [3.63, 3.8) is 0 Å². The van der Waals surface area contributed by atoms with Crippen LogP contribution in [0.25, 0.3) is 5.57 Å². The maximum Gasteiger partial charge on any atom is 0.573 e. The Morgan fingerprint density at radius 1 is 1.08 bits per heavy atom. The van der Waals surface area contributed by atoms with Crippen LogP contribution in [0.1, 0.15) is 72.5 Å². The molecule has 1 amide bonds. The number of hydrogen-bond donors (Lipinski definition) is 2. The van der Waals surface area contributed by atoms with Gasteiger partial charge in [0.1, 0.15) is 5.76 Å². The van der Waals surface area contributed by atoms with Gasteiger partial charge in [-0.2, -0.15) is 0 Å². The average Bonchev–Trinajstić information content (AvgIpc) is 3.13. The van der Waals surface area contributed by atoms with Crippen LogP contribution in [0, 0.1) is 0 Å². The lowest BCUT2D eigenvalue weighted by atomic mass is 9.86. The number of halogens is 3.